The third kappa shape index (κ3) is 4.53. The molecule has 2 aromatic carbocycles. The van der Waals surface area contributed by atoms with Gasteiger partial charge in [0.25, 0.3) is 5.91 Å². The van der Waals surface area contributed by atoms with Crippen molar-refractivity contribution in [2.24, 2.45) is 0 Å². The molecule has 0 heterocycles. The van der Waals surface area contributed by atoms with Crippen molar-refractivity contribution < 1.29 is 14.3 Å². The first-order valence-electron chi connectivity index (χ1n) is 7.09. The third-order valence-corrected chi connectivity index (χ3v) is 4.28. The van der Waals surface area contributed by atoms with E-state index in [1.54, 1.807) is 36.4 Å². The molecule has 1 N–H and O–H groups in total. The van der Waals surface area contributed by atoms with Gasteiger partial charge in [0, 0.05) is 16.1 Å². The van der Waals surface area contributed by atoms with E-state index < -0.39 is 5.91 Å². The lowest BCUT2D eigenvalue weighted by Crippen LogP contribution is -2.13. The molecule has 1 amide bonds. The predicted octanol–water partition coefficient (Wildman–Crippen LogP) is 4.67. The van der Waals surface area contributed by atoms with Crippen molar-refractivity contribution in [3.63, 3.8) is 0 Å². The molecule has 0 aliphatic rings. The molecule has 2 rings (SSSR count). The first-order chi connectivity index (χ1) is 12.0. The molecule has 7 heteroatoms. The van der Waals surface area contributed by atoms with Crippen LogP contribution < -0.4 is 14.8 Å². The molecule has 0 saturated heterocycles. The molecule has 0 aromatic heterocycles. The molecular weight excluding hydrogens is 408 g/mol. The van der Waals surface area contributed by atoms with E-state index in [-0.39, 0.29) is 5.57 Å². The van der Waals surface area contributed by atoms with E-state index in [1.807, 2.05) is 6.07 Å². The largest absolute Gasteiger partial charge is 0.497 e. The molecule has 0 saturated carbocycles. The lowest BCUT2D eigenvalue weighted by Gasteiger charge is -2.11. The van der Waals surface area contributed by atoms with Crippen molar-refractivity contribution in [3.05, 3.63) is 57.0 Å². The minimum absolute atomic E-state index is 0.0934. The number of para-hydroxylation sites is 1. The molecule has 2 aromatic rings. The quantitative estimate of drug-likeness (QED) is 0.563. The number of nitriles is 1. The maximum Gasteiger partial charge on any atom is 0.266 e. The Bertz CT molecular complexity index is 875. The van der Waals surface area contributed by atoms with E-state index in [2.05, 4.69) is 21.2 Å². The summed E-state index contributed by atoms with van der Waals surface area (Å²) in [6.07, 6.45) is 1.44. The summed E-state index contributed by atoms with van der Waals surface area (Å²) in [4.78, 5) is 12.4. The van der Waals surface area contributed by atoms with E-state index in [0.29, 0.717) is 32.2 Å². The summed E-state index contributed by atoms with van der Waals surface area (Å²) in [7, 11) is 3.03. The van der Waals surface area contributed by atoms with Crippen LogP contribution >= 0.6 is 27.5 Å². The maximum absolute atomic E-state index is 12.4. The van der Waals surface area contributed by atoms with Gasteiger partial charge in [-0.25, -0.2) is 0 Å². The Balaban J connectivity index is 2.39. The Kier molecular flexibility index (Phi) is 6.45. The number of nitrogens with one attached hydrogen (secondary N) is 1. The fourth-order valence-corrected chi connectivity index (χ4v) is 2.76. The lowest BCUT2D eigenvalue weighted by atomic mass is 10.1. The van der Waals surface area contributed by atoms with Crippen LogP contribution in [-0.2, 0) is 4.79 Å². The number of ether oxygens (including phenoxy) is 2. The van der Waals surface area contributed by atoms with Crippen molar-refractivity contribution in [1.82, 2.24) is 0 Å². The first-order valence-corrected chi connectivity index (χ1v) is 8.26. The van der Waals surface area contributed by atoms with E-state index in [4.69, 9.17) is 21.1 Å². The SMILES string of the molecule is COc1cc(Br)c(C=C(C#N)C(=O)Nc2ccccc2Cl)c(OC)c1. The number of amides is 1. The van der Waals surface area contributed by atoms with Gasteiger partial charge >= 0.3 is 0 Å². The normalized spacial score (nSPS) is 10.8. The van der Waals surface area contributed by atoms with Gasteiger partial charge in [0.15, 0.2) is 0 Å². The topological polar surface area (TPSA) is 71.3 Å². The number of methoxy groups -OCH3 is 2. The van der Waals surface area contributed by atoms with Crippen LogP contribution in [0.1, 0.15) is 5.56 Å². The molecular formula is C18H14BrClN2O3. The van der Waals surface area contributed by atoms with Crippen LogP contribution in [0.25, 0.3) is 6.08 Å². The van der Waals surface area contributed by atoms with E-state index >= 15 is 0 Å². The van der Waals surface area contributed by atoms with Gasteiger partial charge in [0.2, 0.25) is 0 Å². The highest BCUT2D eigenvalue weighted by molar-refractivity contribution is 9.10. The Morgan fingerprint density at radius 2 is 2.00 bits per heavy atom. The van der Waals surface area contributed by atoms with E-state index in [1.165, 1.54) is 20.3 Å². The monoisotopic (exact) mass is 420 g/mol. The van der Waals surface area contributed by atoms with Gasteiger partial charge in [-0.1, -0.05) is 23.7 Å². The number of carbonyl (C=O) groups excluding carboxylic acids is 1. The Morgan fingerprint density at radius 3 is 2.60 bits per heavy atom. The van der Waals surface area contributed by atoms with Crippen LogP contribution in [0, 0.1) is 11.3 Å². The zero-order chi connectivity index (χ0) is 18.4. The van der Waals surface area contributed by atoms with Gasteiger partial charge in [0.05, 0.1) is 24.9 Å². The highest BCUT2D eigenvalue weighted by Crippen LogP contribution is 2.34. The minimum atomic E-state index is -0.569. The highest BCUT2D eigenvalue weighted by Gasteiger charge is 2.15. The summed E-state index contributed by atoms with van der Waals surface area (Å²) in [6, 6.07) is 12.1. The molecule has 0 aliphatic carbocycles. The standard InChI is InChI=1S/C18H14BrClN2O3/c1-24-12-8-14(19)13(17(9-12)25-2)7-11(10-21)18(23)22-16-6-4-3-5-15(16)20/h3-9H,1-2H3,(H,22,23). The highest BCUT2D eigenvalue weighted by atomic mass is 79.9. The van der Waals surface area contributed by atoms with Crippen molar-refractivity contribution in [2.45, 2.75) is 0 Å². The number of nitrogens with zero attached hydrogens (tertiary/aromatic N) is 1. The fraction of sp³-hybridized carbons (Fsp3) is 0.111. The van der Waals surface area contributed by atoms with Gasteiger partial charge in [-0.15, -0.1) is 0 Å². The number of hydrogen-bond acceptors (Lipinski definition) is 4. The van der Waals surface area contributed by atoms with Gasteiger partial charge < -0.3 is 14.8 Å². The average Bonchev–Trinajstić information content (AvgIpc) is 2.61. The second-order valence-electron chi connectivity index (χ2n) is 4.83. The summed E-state index contributed by atoms with van der Waals surface area (Å²) in [5.74, 6) is 0.477. The molecule has 0 unspecified atom stereocenters. The van der Waals surface area contributed by atoms with Crippen molar-refractivity contribution in [1.29, 1.82) is 5.26 Å². The van der Waals surface area contributed by atoms with Crippen LogP contribution in [0.15, 0.2) is 46.4 Å². The molecule has 0 bridgehead atoms. The second-order valence-corrected chi connectivity index (χ2v) is 6.09. The molecule has 5 nitrogen and oxygen atoms in total. The van der Waals surface area contributed by atoms with Crippen molar-refractivity contribution in [2.75, 3.05) is 19.5 Å². The minimum Gasteiger partial charge on any atom is -0.497 e. The van der Waals surface area contributed by atoms with Gasteiger partial charge in [-0.05, 0) is 40.2 Å². The summed E-state index contributed by atoms with van der Waals surface area (Å²) in [6.45, 7) is 0. The third-order valence-electron chi connectivity index (χ3n) is 3.30. The van der Waals surface area contributed by atoms with Gasteiger partial charge in [-0.3, -0.25) is 4.79 Å². The summed E-state index contributed by atoms with van der Waals surface area (Å²) >= 11 is 9.42. The van der Waals surface area contributed by atoms with Gasteiger partial charge in [-0.2, -0.15) is 5.26 Å². The zero-order valence-corrected chi connectivity index (χ0v) is 15.8. The molecule has 25 heavy (non-hydrogen) atoms. The number of rotatable bonds is 5. The lowest BCUT2D eigenvalue weighted by molar-refractivity contribution is -0.112. The molecule has 0 radical (unpaired) electrons. The van der Waals surface area contributed by atoms with Crippen LogP contribution in [-0.4, -0.2) is 20.1 Å². The Morgan fingerprint density at radius 1 is 1.28 bits per heavy atom. The number of anilines is 1. The zero-order valence-electron chi connectivity index (χ0n) is 13.5. The van der Waals surface area contributed by atoms with Crippen LogP contribution in [0.2, 0.25) is 5.02 Å². The fourth-order valence-electron chi connectivity index (χ4n) is 2.04. The summed E-state index contributed by atoms with van der Waals surface area (Å²) in [5, 5.41) is 12.4. The smallest absolute Gasteiger partial charge is 0.266 e. The molecule has 128 valence electrons. The Labute approximate surface area is 158 Å². The summed E-state index contributed by atoms with van der Waals surface area (Å²) in [5.41, 5.74) is 0.884. The van der Waals surface area contributed by atoms with Crippen molar-refractivity contribution in [3.8, 4) is 17.6 Å². The number of benzene rings is 2. The summed E-state index contributed by atoms with van der Waals surface area (Å²) < 4.78 is 11.1. The predicted molar refractivity (Wildman–Crippen MR) is 101 cm³/mol. The van der Waals surface area contributed by atoms with Crippen molar-refractivity contribution >= 4 is 45.2 Å². The maximum atomic E-state index is 12.4. The molecule has 0 spiro atoms. The number of halogens is 2. The molecule has 0 fully saturated rings. The molecule has 0 aliphatic heterocycles. The average molecular weight is 422 g/mol. The van der Waals surface area contributed by atoms with Gasteiger partial charge in [0.1, 0.15) is 23.1 Å². The van der Waals surface area contributed by atoms with E-state index in [9.17, 15) is 10.1 Å². The molecule has 0 atom stereocenters. The number of hydrogen-bond donors (Lipinski definition) is 1. The Hall–Kier alpha value is -2.49. The van der Waals surface area contributed by atoms with Crippen LogP contribution in [0.5, 0.6) is 11.5 Å². The second kappa shape index (κ2) is 8.56. The van der Waals surface area contributed by atoms with Crippen LogP contribution in [0.3, 0.4) is 0 Å². The number of carbonyl (C=O) groups is 1. The van der Waals surface area contributed by atoms with Crippen LogP contribution in [0.4, 0.5) is 5.69 Å². The van der Waals surface area contributed by atoms with E-state index in [0.717, 1.165) is 0 Å². The first kappa shape index (κ1) is 18.8.